The number of ketones is 1. The number of alkyl halides is 3. The van der Waals surface area contributed by atoms with Crippen LogP contribution in [0.5, 0.6) is 11.5 Å². The molecule has 0 aliphatic carbocycles. The number of benzene rings is 3. The zero-order valence-corrected chi connectivity index (χ0v) is 15.8. The molecule has 0 unspecified atom stereocenters. The Bertz CT molecular complexity index is 1050. The van der Waals surface area contributed by atoms with Gasteiger partial charge in [0.2, 0.25) is 0 Å². The first kappa shape index (κ1) is 20.3. The van der Waals surface area contributed by atoms with E-state index in [1.807, 2.05) is 0 Å². The lowest BCUT2D eigenvalue weighted by atomic mass is 9.98. The minimum Gasteiger partial charge on any atom is -0.456 e. The first-order chi connectivity index (χ1) is 13.6. The Balaban J connectivity index is 1.97. The van der Waals surface area contributed by atoms with Gasteiger partial charge in [-0.05, 0) is 79.6 Å². The predicted molar refractivity (Wildman–Crippen MR) is 106 cm³/mol. The fraction of sp³-hybridized carbons (Fsp3) is 0.136. The molecule has 29 heavy (non-hydrogen) atoms. The van der Waals surface area contributed by atoms with E-state index in [1.54, 1.807) is 50.2 Å². The molecular weight excluding hydrogens is 381 g/mol. The molecule has 0 saturated heterocycles. The summed E-state index contributed by atoms with van der Waals surface area (Å²) in [4.78, 5) is 12.7. The Morgan fingerprint density at radius 3 is 1.93 bits per heavy atom. The highest BCUT2D eigenvalue weighted by Gasteiger charge is 2.35. The highest BCUT2D eigenvalue weighted by molar-refractivity contribution is 6.09. The van der Waals surface area contributed by atoms with Gasteiger partial charge in [-0.2, -0.15) is 13.2 Å². The molecule has 0 aromatic heterocycles. The van der Waals surface area contributed by atoms with E-state index in [0.29, 0.717) is 27.9 Å². The molecule has 4 nitrogen and oxygen atoms in total. The van der Waals surface area contributed by atoms with Gasteiger partial charge in [-0.25, -0.2) is 0 Å². The Labute approximate surface area is 165 Å². The van der Waals surface area contributed by atoms with E-state index in [-0.39, 0.29) is 23.0 Å². The first-order valence-electron chi connectivity index (χ1n) is 8.72. The number of nitrogens with two attached hydrogens (primary N) is 2. The fourth-order valence-electron chi connectivity index (χ4n) is 3.01. The molecule has 0 atom stereocenters. The molecule has 0 saturated carbocycles. The third kappa shape index (κ3) is 4.34. The molecular formula is C22H19F3N2O2. The number of rotatable bonds is 4. The number of anilines is 2. The van der Waals surface area contributed by atoms with Gasteiger partial charge in [0, 0.05) is 22.5 Å². The molecule has 0 amide bonds. The van der Waals surface area contributed by atoms with Crippen LogP contribution in [0.2, 0.25) is 0 Å². The van der Waals surface area contributed by atoms with Gasteiger partial charge >= 0.3 is 6.18 Å². The number of carbonyl (C=O) groups excluding carboxylic acids is 1. The molecule has 3 aromatic carbocycles. The van der Waals surface area contributed by atoms with E-state index in [9.17, 15) is 18.0 Å². The summed E-state index contributed by atoms with van der Waals surface area (Å²) in [6.07, 6.45) is -4.61. The lowest BCUT2D eigenvalue weighted by molar-refractivity contribution is -0.138. The second kappa shape index (κ2) is 7.50. The highest BCUT2D eigenvalue weighted by atomic mass is 19.4. The first-order valence-corrected chi connectivity index (χ1v) is 8.72. The molecule has 0 aliphatic rings. The van der Waals surface area contributed by atoms with Gasteiger partial charge in [-0.1, -0.05) is 0 Å². The maximum absolute atomic E-state index is 13.3. The smallest absolute Gasteiger partial charge is 0.420 e. The van der Waals surface area contributed by atoms with Crippen molar-refractivity contribution in [3.63, 3.8) is 0 Å². The Morgan fingerprint density at radius 2 is 1.38 bits per heavy atom. The normalized spacial score (nSPS) is 11.3. The topological polar surface area (TPSA) is 78.3 Å². The van der Waals surface area contributed by atoms with E-state index in [4.69, 9.17) is 16.2 Å². The Hall–Kier alpha value is -3.48. The summed E-state index contributed by atoms with van der Waals surface area (Å²) in [6, 6.07) is 13.0. The zero-order valence-electron chi connectivity index (χ0n) is 15.8. The fourth-order valence-corrected chi connectivity index (χ4v) is 3.01. The number of hydrogen-bond acceptors (Lipinski definition) is 4. The summed E-state index contributed by atoms with van der Waals surface area (Å²) >= 11 is 0. The van der Waals surface area contributed by atoms with Crippen LogP contribution in [0.3, 0.4) is 0 Å². The van der Waals surface area contributed by atoms with Gasteiger partial charge in [-0.3, -0.25) is 4.79 Å². The number of ether oxygens (including phenoxy) is 1. The van der Waals surface area contributed by atoms with Crippen molar-refractivity contribution in [1.82, 2.24) is 0 Å². The van der Waals surface area contributed by atoms with Crippen molar-refractivity contribution < 1.29 is 22.7 Å². The van der Waals surface area contributed by atoms with Crippen molar-refractivity contribution in [2.75, 3.05) is 11.5 Å². The lowest BCUT2D eigenvalue weighted by Crippen LogP contribution is -2.09. The molecule has 4 N–H and O–H groups in total. The second-order valence-electron chi connectivity index (χ2n) is 6.75. The quantitative estimate of drug-likeness (QED) is 0.447. The number of halogens is 3. The average molecular weight is 400 g/mol. The molecule has 0 aliphatic heterocycles. The number of hydrogen-bond donors (Lipinski definition) is 2. The molecule has 3 aromatic rings. The summed E-state index contributed by atoms with van der Waals surface area (Å²) in [5.41, 5.74) is 12.7. The standard InChI is InChI=1S/C22H19F3N2O2/c1-12-9-15(20(28)14-3-5-16(26)6-4-14)10-13(2)21(12)29-19-8-7-17(27)11-18(19)22(23,24)25/h3-11H,26-27H2,1-2H3. The summed E-state index contributed by atoms with van der Waals surface area (Å²) in [5, 5.41) is 0. The molecule has 0 bridgehead atoms. The van der Waals surface area contributed by atoms with Crippen molar-refractivity contribution >= 4 is 17.2 Å². The van der Waals surface area contributed by atoms with E-state index in [2.05, 4.69) is 0 Å². The average Bonchev–Trinajstić information content (AvgIpc) is 2.64. The van der Waals surface area contributed by atoms with Gasteiger partial charge in [-0.15, -0.1) is 0 Å². The number of aryl methyl sites for hydroxylation is 2. The summed E-state index contributed by atoms with van der Waals surface area (Å²) in [5.74, 6) is -0.309. The van der Waals surface area contributed by atoms with Crippen molar-refractivity contribution in [2.45, 2.75) is 20.0 Å². The molecule has 0 radical (unpaired) electrons. The molecule has 150 valence electrons. The summed E-state index contributed by atoms with van der Waals surface area (Å²) in [7, 11) is 0. The van der Waals surface area contributed by atoms with Crippen LogP contribution in [-0.4, -0.2) is 5.78 Å². The molecule has 0 spiro atoms. The van der Waals surface area contributed by atoms with Crippen molar-refractivity contribution in [2.24, 2.45) is 0 Å². The Kier molecular flexibility index (Phi) is 5.24. The van der Waals surface area contributed by atoms with Crippen LogP contribution in [0.1, 0.15) is 32.6 Å². The summed E-state index contributed by atoms with van der Waals surface area (Å²) < 4.78 is 45.6. The van der Waals surface area contributed by atoms with Crippen LogP contribution in [0.4, 0.5) is 24.5 Å². The van der Waals surface area contributed by atoms with Crippen molar-refractivity contribution in [1.29, 1.82) is 0 Å². The monoisotopic (exact) mass is 400 g/mol. The van der Waals surface area contributed by atoms with Gasteiger partial charge < -0.3 is 16.2 Å². The maximum Gasteiger partial charge on any atom is 0.420 e. The molecule has 0 heterocycles. The van der Waals surface area contributed by atoms with Crippen LogP contribution in [-0.2, 0) is 6.18 Å². The van der Waals surface area contributed by atoms with E-state index in [1.165, 1.54) is 12.1 Å². The maximum atomic E-state index is 13.3. The van der Waals surface area contributed by atoms with Crippen molar-refractivity contribution in [3.8, 4) is 11.5 Å². The van der Waals surface area contributed by atoms with E-state index >= 15 is 0 Å². The minimum absolute atomic E-state index is 0.0115. The van der Waals surface area contributed by atoms with Crippen LogP contribution < -0.4 is 16.2 Å². The third-order valence-electron chi connectivity index (χ3n) is 4.42. The molecule has 7 heteroatoms. The lowest BCUT2D eigenvalue weighted by Gasteiger charge is -2.17. The van der Waals surface area contributed by atoms with Crippen LogP contribution in [0.15, 0.2) is 54.6 Å². The molecule has 3 rings (SSSR count). The van der Waals surface area contributed by atoms with Gasteiger partial charge in [0.05, 0.1) is 0 Å². The highest BCUT2D eigenvalue weighted by Crippen LogP contribution is 2.40. The number of carbonyl (C=O) groups is 1. The van der Waals surface area contributed by atoms with Crippen LogP contribution >= 0.6 is 0 Å². The minimum atomic E-state index is -4.61. The van der Waals surface area contributed by atoms with Crippen molar-refractivity contribution in [3.05, 3.63) is 82.4 Å². The second-order valence-corrected chi connectivity index (χ2v) is 6.75. The van der Waals surface area contributed by atoms with E-state index in [0.717, 1.165) is 6.07 Å². The van der Waals surface area contributed by atoms with Crippen LogP contribution in [0.25, 0.3) is 0 Å². The van der Waals surface area contributed by atoms with E-state index < -0.39 is 11.7 Å². The predicted octanol–water partition coefficient (Wildman–Crippen LogP) is 5.51. The zero-order chi connectivity index (χ0) is 21.3. The van der Waals surface area contributed by atoms with Gasteiger partial charge in [0.15, 0.2) is 5.78 Å². The molecule has 0 fully saturated rings. The van der Waals surface area contributed by atoms with Gasteiger partial charge in [0.25, 0.3) is 0 Å². The number of nitrogen functional groups attached to an aromatic ring is 2. The SMILES string of the molecule is Cc1cc(C(=O)c2ccc(N)cc2)cc(C)c1Oc1ccc(N)cc1C(F)(F)F. The van der Waals surface area contributed by atoms with Crippen LogP contribution in [0, 0.1) is 13.8 Å². The largest absolute Gasteiger partial charge is 0.456 e. The Morgan fingerprint density at radius 1 is 0.828 bits per heavy atom. The van der Waals surface area contributed by atoms with Gasteiger partial charge in [0.1, 0.15) is 17.1 Å². The summed E-state index contributed by atoms with van der Waals surface area (Å²) in [6.45, 7) is 3.35. The third-order valence-corrected chi connectivity index (χ3v) is 4.42.